The maximum Gasteiger partial charge on any atom is 0.331 e. The smallest absolute Gasteiger partial charge is 0.331 e. The van der Waals surface area contributed by atoms with Gasteiger partial charge in [-0.05, 0) is 25.1 Å². The molecule has 0 radical (unpaired) electrons. The first-order valence-corrected chi connectivity index (χ1v) is 4.13. The molecule has 13 heavy (non-hydrogen) atoms. The third-order valence-corrected chi connectivity index (χ3v) is 1.73. The molecule has 0 saturated heterocycles. The highest BCUT2D eigenvalue weighted by Crippen LogP contribution is 2.12. The zero-order chi connectivity index (χ0) is 9.84. The molecule has 0 amide bonds. The van der Waals surface area contributed by atoms with Gasteiger partial charge in [-0.15, -0.1) is 0 Å². The van der Waals surface area contributed by atoms with Crippen LogP contribution in [-0.4, -0.2) is 11.1 Å². The lowest BCUT2D eigenvalue weighted by atomic mass is 10.2. The zero-order valence-corrected chi connectivity index (χ0v) is 7.70. The molecule has 1 N–H and O–H groups in total. The number of carbonyl (C=O) groups is 1. The Kier molecular flexibility index (Phi) is 2.90. The fourth-order valence-electron chi connectivity index (χ4n) is 0.937. The number of furan rings is 1. The molecule has 0 bridgehead atoms. The molecule has 1 aromatic heterocycles. The van der Waals surface area contributed by atoms with Crippen LogP contribution < -0.4 is 0 Å². The SMILES string of the molecule is CCc1ccc(C=C(C)C(=O)O)o1. The first-order chi connectivity index (χ1) is 6.13. The predicted octanol–water partition coefficient (Wildman–Crippen LogP) is 2.33. The predicted molar refractivity (Wildman–Crippen MR) is 49.4 cm³/mol. The van der Waals surface area contributed by atoms with Gasteiger partial charge >= 0.3 is 5.97 Å². The largest absolute Gasteiger partial charge is 0.478 e. The molecule has 0 aliphatic carbocycles. The van der Waals surface area contributed by atoms with Crippen LogP contribution in [0.15, 0.2) is 22.1 Å². The quantitative estimate of drug-likeness (QED) is 0.726. The average molecular weight is 180 g/mol. The standard InChI is InChI=1S/C10H12O3/c1-3-8-4-5-9(13-8)6-7(2)10(11)12/h4-6H,3H2,1-2H3,(H,11,12). The van der Waals surface area contributed by atoms with Crippen molar-refractivity contribution >= 4 is 12.0 Å². The van der Waals surface area contributed by atoms with Crippen molar-refractivity contribution in [1.82, 2.24) is 0 Å². The van der Waals surface area contributed by atoms with Crippen LogP contribution in [-0.2, 0) is 11.2 Å². The van der Waals surface area contributed by atoms with E-state index >= 15 is 0 Å². The van der Waals surface area contributed by atoms with Crippen molar-refractivity contribution in [1.29, 1.82) is 0 Å². The van der Waals surface area contributed by atoms with E-state index in [9.17, 15) is 4.79 Å². The maximum absolute atomic E-state index is 10.5. The summed E-state index contributed by atoms with van der Waals surface area (Å²) >= 11 is 0. The molecule has 1 aromatic rings. The van der Waals surface area contributed by atoms with Crippen molar-refractivity contribution in [3.8, 4) is 0 Å². The number of rotatable bonds is 3. The van der Waals surface area contributed by atoms with Crippen LogP contribution in [0, 0.1) is 0 Å². The van der Waals surface area contributed by atoms with Crippen molar-refractivity contribution in [3.63, 3.8) is 0 Å². The Labute approximate surface area is 76.7 Å². The Morgan fingerprint density at radius 2 is 2.31 bits per heavy atom. The molecule has 0 atom stereocenters. The Bertz CT molecular complexity index is 334. The van der Waals surface area contributed by atoms with Gasteiger partial charge < -0.3 is 9.52 Å². The molecule has 0 aliphatic heterocycles. The Morgan fingerprint density at radius 3 is 2.77 bits per heavy atom. The number of aliphatic carboxylic acids is 1. The van der Waals surface area contributed by atoms with E-state index in [4.69, 9.17) is 9.52 Å². The second-order valence-corrected chi connectivity index (χ2v) is 2.79. The van der Waals surface area contributed by atoms with E-state index in [-0.39, 0.29) is 5.57 Å². The molecule has 0 unspecified atom stereocenters. The van der Waals surface area contributed by atoms with Gasteiger partial charge in [-0.3, -0.25) is 0 Å². The maximum atomic E-state index is 10.5. The molecule has 70 valence electrons. The van der Waals surface area contributed by atoms with E-state index < -0.39 is 5.97 Å². The summed E-state index contributed by atoms with van der Waals surface area (Å²) in [5.74, 6) is 0.538. The van der Waals surface area contributed by atoms with Gasteiger partial charge in [0.2, 0.25) is 0 Å². The van der Waals surface area contributed by atoms with Gasteiger partial charge in [0, 0.05) is 12.0 Å². The van der Waals surface area contributed by atoms with Gasteiger partial charge in [-0.25, -0.2) is 4.79 Å². The van der Waals surface area contributed by atoms with Crippen molar-refractivity contribution in [2.24, 2.45) is 0 Å². The van der Waals surface area contributed by atoms with Crippen molar-refractivity contribution < 1.29 is 14.3 Å². The van der Waals surface area contributed by atoms with Gasteiger partial charge in [0.1, 0.15) is 11.5 Å². The molecule has 0 aromatic carbocycles. The molecule has 1 heterocycles. The highest BCUT2D eigenvalue weighted by atomic mass is 16.4. The van der Waals surface area contributed by atoms with E-state index in [1.165, 1.54) is 13.0 Å². The number of hydrogen-bond donors (Lipinski definition) is 1. The normalized spacial score (nSPS) is 11.7. The minimum absolute atomic E-state index is 0.275. The van der Waals surface area contributed by atoms with E-state index in [0.29, 0.717) is 5.76 Å². The van der Waals surface area contributed by atoms with Gasteiger partial charge in [0.15, 0.2) is 0 Å². The summed E-state index contributed by atoms with van der Waals surface area (Å²) in [6, 6.07) is 3.62. The summed E-state index contributed by atoms with van der Waals surface area (Å²) in [6.45, 7) is 3.52. The molecule has 0 saturated carbocycles. The third kappa shape index (κ3) is 2.47. The topological polar surface area (TPSA) is 50.4 Å². The molecular formula is C10H12O3. The minimum Gasteiger partial charge on any atom is -0.478 e. The Hall–Kier alpha value is -1.51. The van der Waals surface area contributed by atoms with E-state index in [1.54, 1.807) is 6.07 Å². The minimum atomic E-state index is -0.922. The second kappa shape index (κ2) is 3.94. The molecule has 0 aliphatic rings. The summed E-state index contributed by atoms with van der Waals surface area (Å²) in [7, 11) is 0. The van der Waals surface area contributed by atoms with Crippen molar-refractivity contribution in [2.75, 3.05) is 0 Å². The number of hydrogen-bond acceptors (Lipinski definition) is 2. The van der Waals surface area contributed by atoms with Gasteiger partial charge in [-0.2, -0.15) is 0 Å². The first-order valence-electron chi connectivity index (χ1n) is 4.13. The lowest BCUT2D eigenvalue weighted by Gasteiger charge is -1.90. The fraction of sp³-hybridized carbons (Fsp3) is 0.300. The van der Waals surface area contributed by atoms with Crippen LogP contribution in [0.3, 0.4) is 0 Å². The van der Waals surface area contributed by atoms with E-state index in [1.807, 2.05) is 13.0 Å². The average Bonchev–Trinajstić information content (AvgIpc) is 2.52. The highest BCUT2D eigenvalue weighted by molar-refractivity contribution is 5.90. The van der Waals surface area contributed by atoms with Crippen LogP contribution >= 0.6 is 0 Å². The van der Waals surface area contributed by atoms with E-state index in [2.05, 4.69) is 0 Å². The first kappa shape index (κ1) is 9.58. The van der Waals surface area contributed by atoms with Crippen LogP contribution in [0.5, 0.6) is 0 Å². The van der Waals surface area contributed by atoms with Crippen LogP contribution in [0.4, 0.5) is 0 Å². The van der Waals surface area contributed by atoms with Gasteiger partial charge in [0.25, 0.3) is 0 Å². The molecule has 0 fully saturated rings. The number of carboxylic acids is 1. The van der Waals surface area contributed by atoms with Gasteiger partial charge in [-0.1, -0.05) is 6.92 Å². The third-order valence-electron chi connectivity index (χ3n) is 1.73. The monoisotopic (exact) mass is 180 g/mol. The van der Waals surface area contributed by atoms with Crippen molar-refractivity contribution in [3.05, 3.63) is 29.2 Å². The van der Waals surface area contributed by atoms with Gasteiger partial charge in [0.05, 0.1) is 0 Å². The van der Waals surface area contributed by atoms with Crippen LogP contribution in [0.1, 0.15) is 25.4 Å². The lowest BCUT2D eigenvalue weighted by molar-refractivity contribution is -0.132. The lowest BCUT2D eigenvalue weighted by Crippen LogP contribution is -1.94. The molecule has 3 nitrogen and oxygen atoms in total. The summed E-state index contributed by atoms with van der Waals surface area (Å²) in [5.41, 5.74) is 0.275. The summed E-state index contributed by atoms with van der Waals surface area (Å²) in [4.78, 5) is 10.5. The summed E-state index contributed by atoms with van der Waals surface area (Å²) in [6.07, 6.45) is 2.33. The Balaban J connectivity index is 2.84. The van der Waals surface area contributed by atoms with Crippen molar-refractivity contribution in [2.45, 2.75) is 20.3 Å². The summed E-state index contributed by atoms with van der Waals surface area (Å²) < 4.78 is 5.31. The van der Waals surface area contributed by atoms with Crippen LogP contribution in [0.2, 0.25) is 0 Å². The Morgan fingerprint density at radius 1 is 1.62 bits per heavy atom. The number of carboxylic acid groups (broad SMARTS) is 1. The highest BCUT2D eigenvalue weighted by Gasteiger charge is 2.02. The molecular weight excluding hydrogens is 168 g/mol. The zero-order valence-electron chi connectivity index (χ0n) is 7.70. The van der Waals surface area contributed by atoms with Crippen LogP contribution in [0.25, 0.3) is 6.08 Å². The molecule has 1 rings (SSSR count). The summed E-state index contributed by atoms with van der Waals surface area (Å²) in [5, 5.41) is 8.60. The fourth-order valence-corrected chi connectivity index (χ4v) is 0.937. The molecule has 3 heteroatoms. The number of aryl methyl sites for hydroxylation is 1. The van der Waals surface area contributed by atoms with E-state index in [0.717, 1.165) is 12.2 Å². The second-order valence-electron chi connectivity index (χ2n) is 2.79. The molecule has 0 spiro atoms.